The molecule has 1 heterocycles. The topological polar surface area (TPSA) is 39.9 Å². The van der Waals surface area contributed by atoms with Crippen LogP contribution in [0, 0.1) is 0 Å². The van der Waals surface area contributed by atoms with Gasteiger partial charge >= 0.3 is 0 Å². The molecule has 3 rings (SSSR count). The largest absolute Gasteiger partial charge is 0.497 e. The number of thioether (sulfide) groups is 1. The molecule has 2 aromatic carbocycles. The molecule has 1 aromatic heterocycles. The van der Waals surface area contributed by atoms with Gasteiger partial charge in [0.05, 0.1) is 7.11 Å². The molecule has 26 heavy (non-hydrogen) atoms. The number of methoxy groups -OCH3 is 1. The van der Waals surface area contributed by atoms with E-state index < -0.39 is 0 Å². The van der Waals surface area contributed by atoms with Crippen LogP contribution in [0.2, 0.25) is 5.02 Å². The smallest absolute Gasteiger partial charge is 0.192 e. The van der Waals surface area contributed by atoms with Crippen LogP contribution in [-0.2, 0) is 6.54 Å². The molecule has 0 spiro atoms. The first-order valence-electron chi connectivity index (χ1n) is 8.23. The van der Waals surface area contributed by atoms with Crippen molar-refractivity contribution in [2.75, 3.05) is 7.11 Å². The Morgan fingerprint density at radius 3 is 2.58 bits per heavy atom. The van der Waals surface area contributed by atoms with Crippen LogP contribution in [0.4, 0.5) is 0 Å². The molecule has 6 heteroatoms. The minimum absolute atomic E-state index is 0.153. The fourth-order valence-electron chi connectivity index (χ4n) is 2.65. The van der Waals surface area contributed by atoms with Crippen molar-refractivity contribution in [2.45, 2.75) is 23.9 Å². The van der Waals surface area contributed by atoms with Gasteiger partial charge < -0.3 is 4.74 Å². The molecule has 0 N–H and O–H groups in total. The summed E-state index contributed by atoms with van der Waals surface area (Å²) in [6, 6.07) is 15.7. The Balaban J connectivity index is 1.91. The van der Waals surface area contributed by atoms with E-state index in [1.54, 1.807) is 18.9 Å². The Kier molecular flexibility index (Phi) is 6.01. The van der Waals surface area contributed by atoms with Crippen LogP contribution in [0.15, 0.2) is 66.3 Å². The molecule has 1 atom stereocenters. The molecule has 0 radical (unpaired) electrons. The molecule has 0 amide bonds. The van der Waals surface area contributed by atoms with E-state index in [0.717, 1.165) is 32.9 Å². The summed E-state index contributed by atoms with van der Waals surface area (Å²) in [6.07, 6.45) is 1.85. The van der Waals surface area contributed by atoms with E-state index in [2.05, 4.69) is 28.3 Å². The van der Waals surface area contributed by atoms with Gasteiger partial charge in [0.2, 0.25) is 0 Å². The minimum atomic E-state index is 0.153. The Hall–Kier alpha value is -2.24. The van der Waals surface area contributed by atoms with E-state index in [1.165, 1.54) is 0 Å². The highest BCUT2D eigenvalue weighted by atomic mass is 35.5. The Morgan fingerprint density at radius 1 is 1.19 bits per heavy atom. The Labute approximate surface area is 162 Å². The van der Waals surface area contributed by atoms with Crippen molar-refractivity contribution in [1.82, 2.24) is 14.8 Å². The van der Waals surface area contributed by atoms with E-state index in [-0.39, 0.29) is 5.25 Å². The van der Waals surface area contributed by atoms with Gasteiger partial charge in [-0.25, -0.2) is 0 Å². The van der Waals surface area contributed by atoms with Crippen molar-refractivity contribution >= 4 is 23.4 Å². The molecule has 4 nitrogen and oxygen atoms in total. The van der Waals surface area contributed by atoms with Crippen molar-refractivity contribution < 1.29 is 4.74 Å². The first-order valence-corrected chi connectivity index (χ1v) is 9.49. The summed E-state index contributed by atoms with van der Waals surface area (Å²) in [5.74, 6) is 1.62. The monoisotopic (exact) mass is 385 g/mol. The second-order valence-electron chi connectivity index (χ2n) is 5.72. The number of nitrogens with zero attached hydrogens (tertiary/aromatic N) is 3. The predicted octanol–water partition coefficient (Wildman–Crippen LogP) is 5.65. The molecule has 0 aliphatic carbocycles. The SMILES string of the molecule is C=CCn1c(SC(C)c2ccccc2Cl)nnc1-c1ccc(OC)cc1. The van der Waals surface area contributed by atoms with Crippen molar-refractivity contribution in [3.05, 3.63) is 71.8 Å². The maximum Gasteiger partial charge on any atom is 0.192 e. The van der Waals surface area contributed by atoms with Crippen molar-refractivity contribution in [1.29, 1.82) is 0 Å². The average Bonchev–Trinajstić information content (AvgIpc) is 3.05. The van der Waals surface area contributed by atoms with Gasteiger partial charge in [0, 0.05) is 22.4 Å². The highest BCUT2D eigenvalue weighted by Crippen LogP contribution is 2.38. The zero-order valence-corrected chi connectivity index (χ0v) is 16.3. The highest BCUT2D eigenvalue weighted by molar-refractivity contribution is 7.99. The maximum atomic E-state index is 6.33. The van der Waals surface area contributed by atoms with Crippen molar-refractivity contribution in [3.63, 3.8) is 0 Å². The number of ether oxygens (including phenoxy) is 1. The van der Waals surface area contributed by atoms with Gasteiger partial charge in [-0.3, -0.25) is 4.57 Å². The van der Waals surface area contributed by atoms with Crippen LogP contribution < -0.4 is 4.74 Å². The van der Waals surface area contributed by atoms with Gasteiger partial charge in [-0.05, 0) is 42.8 Å². The summed E-state index contributed by atoms with van der Waals surface area (Å²) < 4.78 is 7.29. The fraction of sp³-hybridized carbons (Fsp3) is 0.200. The van der Waals surface area contributed by atoms with E-state index in [0.29, 0.717) is 6.54 Å². The number of rotatable bonds is 7. The van der Waals surface area contributed by atoms with E-state index in [1.807, 2.05) is 54.6 Å². The van der Waals surface area contributed by atoms with Gasteiger partial charge in [0.25, 0.3) is 0 Å². The van der Waals surface area contributed by atoms with Crippen molar-refractivity contribution in [2.24, 2.45) is 0 Å². The average molecular weight is 386 g/mol. The lowest BCUT2D eigenvalue weighted by molar-refractivity contribution is 0.415. The first kappa shape index (κ1) is 18.5. The lowest BCUT2D eigenvalue weighted by Crippen LogP contribution is -2.02. The van der Waals surface area contributed by atoms with Gasteiger partial charge in [-0.2, -0.15) is 0 Å². The van der Waals surface area contributed by atoms with Gasteiger partial charge in [-0.15, -0.1) is 16.8 Å². The fourth-order valence-corrected chi connectivity index (χ4v) is 4.04. The maximum absolute atomic E-state index is 6.33. The quantitative estimate of drug-likeness (QED) is 0.389. The Bertz CT molecular complexity index is 892. The number of allylic oxidation sites excluding steroid dienone is 1. The third-order valence-electron chi connectivity index (χ3n) is 4.00. The highest BCUT2D eigenvalue weighted by Gasteiger charge is 2.18. The summed E-state index contributed by atoms with van der Waals surface area (Å²) in [7, 11) is 1.65. The molecule has 0 saturated carbocycles. The van der Waals surface area contributed by atoms with Gasteiger partial charge in [-0.1, -0.05) is 47.6 Å². The lowest BCUT2D eigenvalue weighted by Gasteiger charge is -2.14. The predicted molar refractivity (Wildman–Crippen MR) is 108 cm³/mol. The number of hydrogen-bond acceptors (Lipinski definition) is 4. The molecule has 0 fully saturated rings. The zero-order chi connectivity index (χ0) is 18.5. The van der Waals surface area contributed by atoms with Gasteiger partial charge in [0.1, 0.15) is 5.75 Å². The number of hydrogen-bond donors (Lipinski definition) is 0. The van der Waals surface area contributed by atoms with Crippen LogP contribution in [0.1, 0.15) is 17.7 Å². The van der Waals surface area contributed by atoms with E-state index in [9.17, 15) is 0 Å². The summed E-state index contributed by atoms with van der Waals surface area (Å²) in [6.45, 7) is 6.61. The van der Waals surface area contributed by atoms with Crippen LogP contribution in [0.25, 0.3) is 11.4 Å². The molecular weight excluding hydrogens is 366 g/mol. The Morgan fingerprint density at radius 2 is 1.92 bits per heavy atom. The molecule has 134 valence electrons. The number of benzene rings is 2. The lowest BCUT2D eigenvalue weighted by atomic mass is 10.2. The van der Waals surface area contributed by atoms with Crippen LogP contribution in [0.3, 0.4) is 0 Å². The standard InChI is InChI=1S/C20H20ClN3OS/c1-4-13-24-19(15-9-11-16(25-3)12-10-15)22-23-20(24)26-14(2)17-7-5-6-8-18(17)21/h4-12,14H,1,13H2,2-3H3. The molecule has 0 aliphatic heterocycles. The summed E-state index contributed by atoms with van der Waals surface area (Å²) in [5.41, 5.74) is 2.07. The minimum Gasteiger partial charge on any atom is -0.497 e. The summed E-state index contributed by atoms with van der Waals surface area (Å²) in [5, 5.41) is 10.6. The molecular formula is C20H20ClN3OS. The number of aromatic nitrogens is 3. The number of halogens is 1. The second-order valence-corrected chi connectivity index (χ2v) is 7.43. The van der Waals surface area contributed by atoms with E-state index in [4.69, 9.17) is 16.3 Å². The molecule has 3 aromatic rings. The summed E-state index contributed by atoms with van der Waals surface area (Å²) >= 11 is 7.96. The molecule has 0 saturated heterocycles. The third kappa shape index (κ3) is 3.94. The second kappa shape index (κ2) is 8.43. The van der Waals surface area contributed by atoms with Crippen molar-refractivity contribution in [3.8, 4) is 17.1 Å². The summed E-state index contributed by atoms with van der Waals surface area (Å²) in [4.78, 5) is 0. The molecule has 0 aliphatic rings. The van der Waals surface area contributed by atoms with Crippen LogP contribution >= 0.6 is 23.4 Å². The van der Waals surface area contributed by atoms with Crippen LogP contribution in [-0.4, -0.2) is 21.9 Å². The first-order chi connectivity index (χ1) is 12.6. The third-order valence-corrected chi connectivity index (χ3v) is 5.47. The van der Waals surface area contributed by atoms with Crippen LogP contribution in [0.5, 0.6) is 5.75 Å². The van der Waals surface area contributed by atoms with Gasteiger partial charge in [0.15, 0.2) is 11.0 Å². The normalized spacial score (nSPS) is 12.0. The molecule has 0 bridgehead atoms. The van der Waals surface area contributed by atoms with E-state index >= 15 is 0 Å². The zero-order valence-electron chi connectivity index (χ0n) is 14.7. The molecule has 1 unspecified atom stereocenters.